The fraction of sp³-hybridized carbons (Fsp3) is 0.280. The van der Waals surface area contributed by atoms with Gasteiger partial charge in [0, 0.05) is 35.6 Å². The van der Waals surface area contributed by atoms with Gasteiger partial charge in [0.05, 0.1) is 11.7 Å². The van der Waals surface area contributed by atoms with E-state index in [4.69, 9.17) is 4.74 Å². The van der Waals surface area contributed by atoms with Crippen LogP contribution < -0.4 is 4.72 Å². The smallest absolute Gasteiger partial charge is 0.306 e. The van der Waals surface area contributed by atoms with E-state index in [0.29, 0.717) is 16.6 Å². The summed E-state index contributed by atoms with van der Waals surface area (Å²) >= 11 is 0.941. The number of carbonyl (C=O) groups is 2. The fourth-order valence-electron chi connectivity index (χ4n) is 3.95. The Morgan fingerprint density at radius 3 is 2.56 bits per heavy atom. The molecule has 9 nitrogen and oxygen atoms in total. The fourth-order valence-corrected chi connectivity index (χ4v) is 5.79. The van der Waals surface area contributed by atoms with Gasteiger partial charge in [0.1, 0.15) is 15.9 Å². The van der Waals surface area contributed by atoms with Crippen LogP contribution in [0, 0.1) is 20.8 Å². The van der Waals surface area contributed by atoms with Crippen molar-refractivity contribution in [1.82, 2.24) is 18.0 Å². The number of nitrogens with one attached hydrogen (secondary N) is 1. The maximum absolute atomic E-state index is 12.7. The predicted molar refractivity (Wildman–Crippen MR) is 137 cm³/mol. The van der Waals surface area contributed by atoms with Crippen molar-refractivity contribution < 1.29 is 22.7 Å². The molecule has 1 N–H and O–H groups in total. The van der Waals surface area contributed by atoms with Gasteiger partial charge in [0.15, 0.2) is 6.61 Å². The lowest BCUT2D eigenvalue weighted by Crippen LogP contribution is -2.25. The summed E-state index contributed by atoms with van der Waals surface area (Å²) in [5.41, 5.74) is 5.10. The highest BCUT2D eigenvalue weighted by atomic mass is 32.2. The molecule has 0 saturated carbocycles. The first-order valence-electron chi connectivity index (χ1n) is 11.3. The maximum Gasteiger partial charge on any atom is 0.306 e. The van der Waals surface area contributed by atoms with Gasteiger partial charge in [-0.25, -0.2) is 13.1 Å². The lowest BCUT2D eigenvalue weighted by Gasteiger charge is -2.10. The van der Waals surface area contributed by atoms with Gasteiger partial charge in [-0.3, -0.25) is 9.59 Å². The van der Waals surface area contributed by atoms with Crippen LogP contribution in [0.25, 0.3) is 16.7 Å². The Hall–Kier alpha value is -3.41. The van der Waals surface area contributed by atoms with Crippen molar-refractivity contribution >= 4 is 44.5 Å². The van der Waals surface area contributed by atoms with E-state index < -0.39 is 16.0 Å². The molecular formula is C25H26N4O5S2. The molecule has 0 aliphatic heterocycles. The Balaban J connectivity index is 1.28. The molecule has 0 spiro atoms. The van der Waals surface area contributed by atoms with Crippen molar-refractivity contribution in [3.63, 3.8) is 0 Å². The Kier molecular flexibility index (Phi) is 7.62. The molecule has 0 amide bonds. The number of carbonyl (C=O) groups excluding carboxylic acids is 2. The number of fused-ring (bicyclic) bond motifs is 1. The molecular weight excluding hydrogens is 500 g/mol. The summed E-state index contributed by atoms with van der Waals surface area (Å²) in [5.74, 6) is -0.860. The van der Waals surface area contributed by atoms with Gasteiger partial charge in [-0.05, 0) is 57.5 Å². The highest BCUT2D eigenvalue weighted by molar-refractivity contribution is 7.89. The van der Waals surface area contributed by atoms with Crippen molar-refractivity contribution in [1.29, 1.82) is 0 Å². The number of sulfonamides is 1. The zero-order chi connectivity index (χ0) is 25.9. The number of benzene rings is 2. The summed E-state index contributed by atoms with van der Waals surface area (Å²) in [7, 11) is -3.80. The molecule has 2 aromatic heterocycles. The third-order valence-electron chi connectivity index (χ3n) is 5.78. The van der Waals surface area contributed by atoms with Crippen LogP contribution in [-0.4, -0.2) is 46.6 Å². The van der Waals surface area contributed by atoms with Crippen molar-refractivity contribution in [2.45, 2.75) is 38.5 Å². The zero-order valence-electron chi connectivity index (χ0n) is 20.1. The summed E-state index contributed by atoms with van der Waals surface area (Å²) in [6.07, 6.45) is 0.195. The third kappa shape index (κ3) is 5.53. The topological polar surface area (TPSA) is 120 Å². The lowest BCUT2D eigenvalue weighted by atomic mass is 10.1. The van der Waals surface area contributed by atoms with Crippen LogP contribution in [0.4, 0.5) is 0 Å². The van der Waals surface area contributed by atoms with Crippen LogP contribution in [0.5, 0.6) is 0 Å². The van der Waals surface area contributed by atoms with Gasteiger partial charge in [0.25, 0.3) is 0 Å². The number of hydrogen-bond acceptors (Lipinski definition) is 8. The minimum absolute atomic E-state index is 0.0271. The Morgan fingerprint density at radius 1 is 1.06 bits per heavy atom. The molecule has 0 saturated heterocycles. The molecule has 4 rings (SSSR count). The van der Waals surface area contributed by atoms with E-state index in [1.54, 1.807) is 18.2 Å². The number of Topliss-reactive ketones (excluding diaryl/α,β-unsaturated/α-hetero) is 1. The molecule has 36 heavy (non-hydrogen) atoms. The van der Waals surface area contributed by atoms with Crippen LogP contribution in [0.1, 0.15) is 40.2 Å². The van der Waals surface area contributed by atoms with Gasteiger partial charge < -0.3 is 9.30 Å². The van der Waals surface area contributed by atoms with Crippen molar-refractivity contribution in [2.75, 3.05) is 13.2 Å². The average molecular weight is 527 g/mol. The summed E-state index contributed by atoms with van der Waals surface area (Å²) in [6, 6.07) is 14.5. The number of aromatic nitrogens is 3. The molecule has 11 heteroatoms. The second kappa shape index (κ2) is 10.7. The normalized spacial score (nSPS) is 11.6. The Morgan fingerprint density at radius 2 is 1.81 bits per heavy atom. The SMILES string of the molecule is Cc1ccc(-n2c(C)cc(C(=O)COC(=O)CCCNS(=O)(=O)c3cccc4nsnc34)c2C)cc1. The van der Waals surface area contributed by atoms with Gasteiger partial charge in [0.2, 0.25) is 15.8 Å². The highest BCUT2D eigenvalue weighted by Gasteiger charge is 2.20. The summed E-state index contributed by atoms with van der Waals surface area (Å²) in [6.45, 7) is 5.45. The molecule has 188 valence electrons. The molecule has 0 bridgehead atoms. The first-order chi connectivity index (χ1) is 17.2. The number of ether oxygens (including phenoxy) is 1. The largest absolute Gasteiger partial charge is 0.457 e. The van der Waals surface area contributed by atoms with Crippen LogP contribution in [0.15, 0.2) is 53.4 Å². The van der Waals surface area contributed by atoms with E-state index in [9.17, 15) is 18.0 Å². The average Bonchev–Trinajstić information content (AvgIpc) is 3.45. The number of aryl methyl sites for hydroxylation is 2. The predicted octanol–water partition coefficient (Wildman–Crippen LogP) is 3.89. The van der Waals surface area contributed by atoms with Crippen molar-refractivity contribution in [2.24, 2.45) is 0 Å². The van der Waals surface area contributed by atoms with Crippen LogP contribution in [0.2, 0.25) is 0 Å². The zero-order valence-corrected chi connectivity index (χ0v) is 21.8. The first-order valence-corrected chi connectivity index (χ1v) is 13.5. The third-order valence-corrected chi connectivity index (χ3v) is 7.81. The summed E-state index contributed by atoms with van der Waals surface area (Å²) in [4.78, 5) is 24.9. The molecule has 0 fully saturated rings. The summed E-state index contributed by atoms with van der Waals surface area (Å²) < 4.78 is 42.9. The molecule has 0 atom stereocenters. The first kappa shape index (κ1) is 25.7. The van der Waals surface area contributed by atoms with Crippen LogP contribution in [-0.2, 0) is 19.6 Å². The molecule has 0 radical (unpaired) electrons. The molecule has 2 aromatic carbocycles. The minimum Gasteiger partial charge on any atom is -0.457 e. The highest BCUT2D eigenvalue weighted by Crippen LogP contribution is 2.22. The van der Waals surface area contributed by atoms with Gasteiger partial charge in [-0.2, -0.15) is 8.75 Å². The number of ketones is 1. The quantitative estimate of drug-likeness (QED) is 0.189. The van der Waals surface area contributed by atoms with E-state index >= 15 is 0 Å². The van der Waals surface area contributed by atoms with Gasteiger partial charge >= 0.3 is 5.97 Å². The van der Waals surface area contributed by atoms with E-state index in [0.717, 1.165) is 34.4 Å². The molecule has 0 aliphatic carbocycles. The number of esters is 1. The van der Waals surface area contributed by atoms with Gasteiger partial charge in [-0.15, -0.1) is 0 Å². The second-order valence-corrected chi connectivity index (χ2v) is 10.7. The summed E-state index contributed by atoms with van der Waals surface area (Å²) in [5, 5.41) is 0. The van der Waals surface area contributed by atoms with E-state index in [1.807, 2.05) is 49.6 Å². The Labute approximate surface area is 213 Å². The molecule has 0 aliphatic rings. The molecule has 0 unspecified atom stereocenters. The molecule has 4 aromatic rings. The standard InChI is InChI=1S/C25H26N4O5S2/c1-16-9-11-19(12-10-16)29-17(2)14-20(18(29)3)22(30)15-34-24(31)8-5-13-26-36(32,33)23-7-4-6-21-25(23)28-35-27-21/h4,6-7,9-12,14,26H,5,8,13,15H2,1-3H3. The lowest BCUT2D eigenvalue weighted by molar-refractivity contribution is -0.142. The van der Waals surface area contributed by atoms with E-state index in [1.165, 1.54) is 6.07 Å². The molecule has 2 heterocycles. The van der Waals surface area contributed by atoms with E-state index in [2.05, 4.69) is 13.5 Å². The number of rotatable bonds is 10. The second-order valence-electron chi connectivity index (χ2n) is 8.43. The van der Waals surface area contributed by atoms with Gasteiger partial charge in [-0.1, -0.05) is 23.8 Å². The van der Waals surface area contributed by atoms with Crippen LogP contribution >= 0.6 is 11.7 Å². The van der Waals surface area contributed by atoms with Crippen molar-refractivity contribution in [3.05, 3.63) is 71.0 Å². The monoisotopic (exact) mass is 526 g/mol. The minimum atomic E-state index is -3.80. The number of hydrogen-bond donors (Lipinski definition) is 1. The van der Waals surface area contributed by atoms with Crippen molar-refractivity contribution in [3.8, 4) is 5.69 Å². The maximum atomic E-state index is 12.7. The van der Waals surface area contributed by atoms with E-state index in [-0.39, 0.29) is 36.7 Å². The van der Waals surface area contributed by atoms with Crippen LogP contribution in [0.3, 0.4) is 0 Å². The number of nitrogens with zero attached hydrogens (tertiary/aromatic N) is 3. The Bertz CT molecular complexity index is 1520.